The third-order valence-electron chi connectivity index (χ3n) is 5.82. The summed E-state index contributed by atoms with van der Waals surface area (Å²) in [7, 11) is 2.34. The van der Waals surface area contributed by atoms with Crippen LogP contribution in [0.1, 0.15) is 52.4 Å². The molecule has 2 saturated carbocycles. The SMILES string of the molecule is CCC(CC)(CBr)CN(C)CC1CC2CCC1C2. The minimum absolute atomic E-state index is 0.492. The Kier molecular flexibility index (Phi) is 5.16. The van der Waals surface area contributed by atoms with Crippen molar-refractivity contribution in [2.24, 2.45) is 23.2 Å². The second-order valence-electron chi connectivity index (χ2n) is 6.97. The fraction of sp³-hybridized carbons (Fsp3) is 1.00. The van der Waals surface area contributed by atoms with Crippen LogP contribution in [-0.4, -0.2) is 30.4 Å². The normalized spacial score (nSPS) is 31.5. The molecule has 106 valence electrons. The van der Waals surface area contributed by atoms with Gasteiger partial charge in [-0.25, -0.2) is 0 Å². The molecule has 2 aliphatic carbocycles. The molecule has 2 rings (SSSR count). The van der Waals surface area contributed by atoms with Gasteiger partial charge in [0.05, 0.1) is 0 Å². The second-order valence-corrected chi connectivity index (χ2v) is 7.53. The summed E-state index contributed by atoms with van der Waals surface area (Å²) in [6.45, 7) is 7.29. The zero-order valence-corrected chi connectivity index (χ0v) is 14.0. The molecule has 0 aromatic carbocycles. The van der Waals surface area contributed by atoms with E-state index in [1.165, 1.54) is 45.2 Å². The smallest absolute Gasteiger partial charge is 0.01000 e. The van der Waals surface area contributed by atoms with E-state index >= 15 is 0 Å². The van der Waals surface area contributed by atoms with Crippen LogP contribution in [0.25, 0.3) is 0 Å². The van der Waals surface area contributed by atoms with Crippen molar-refractivity contribution in [2.75, 3.05) is 25.5 Å². The molecule has 3 unspecified atom stereocenters. The number of fused-ring (bicyclic) bond motifs is 2. The Morgan fingerprint density at radius 3 is 2.33 bits per heavy atom. The molecule has 2 heteroatoms. The van der Waals surface area contributed by atoms with E-state index in [-0.39, 0.29) is 0 Å². The number of alkyl halides is 1. The van der Waals surface area contributed by atoms with Crippen molar-refractivity contribution in [2.45, 2.75) is 52.4 Å². The van der Waals surface area contributed by atoms with Crippen molar-refractivity contribution in [1.82, 2.24) is 4.90 Å². The van der Waals surface area contributed by atoms with Crippen LogP contribution in [0.15, 0.2) is 0 Å². The molecule has 0 aromatic heterocycles. The van der Waals surface area contributed by atoms with Crippen LogP contribution in [0, 0.1) is 23.2 Å². The molecular weight excluding hydrogens is 286 g/mol. The molecule has 0 heterocycles. The Morgan fingerprint density at radius 1 is 1.17 bits per heavy atom. The van der Waals surface area contributed by atoms with E-state index in [4.69, 9.17) is 0 Å². The lowest BCUT2D eigenvalue weighted by molar-refractivity contribution is 0.148. The minimum atomic E-state index is 0.492. The maximum Gasteiger partial charge on any atom is 0.01000 e. The number of nitrogens with zero attached hydrogens (tertiary/aromatic N) is 1. The van der Waals surface area contributed by atoms with Gasteiger partial charge in [0.25, 0.3) is 0 Å². The standard InChI is InChI=1S/C16H30BrN/c1-4-16(5-2,11-17)12-18(3)10-15-9-13-6-7-14(15)8-13/h13-15H,4-12H2,1-3H3. The number of halogens is 1. The Hall–Kier alpha value is 0.440. The van der Waals surface area contributed by atoms with Crippen molar-refractivity contribution in [3.63, 3.8) is 0 Å². The molecule has 1 nitrogen and oxygen atoms in total. The van der Waals surface area contributed by atoms with Crippen molar-refractivity contribution in [3.8, 4) is 0 Å². The summed E-state index contributed by atoms with van der Waals surface area (Å²) in [5.74, 6) is 3.17. The van der Waals surface area contributed by atoms with Crippen LogP contribution in [0.5, 0.6) is 0 Å². The first-order valence-corrected chi connectivity index (χ1v) is 8.99. The van der Waals surface area contributed by atoms with Gasteiger partial charge in [0, 0.05) is 18.4 Å². The predicted octanol–water partition coefficient (Wildman–Crippen LogP) is 4.56. The Morgan fingerprint density at radius 2 is 1.89 bits per heavy atom. The third kappa shape index (κ3) is 3.12. The van der Waals surface area contributed by atoms with E-state index in [2.05, 4.69) is 41.7 Å². The fourth-order valence-electron chi connectivity index (χ4n) is 4.34. The number of hydrogen-bond donors (Lipinski definition) is 0. The molecule has 0 aliphatic heterocycles. The van der Waals surface area contributed by atoms with Gasteiger partial charge >= 0.3 is 0 Å². The minimum Gasteiger partial charge on any atom is -0.306 e. The first-order chi connectivity index (χ1) is 8.62. The van der Waals surface area contributed by atoms with Gasteiger partial charge in [0.1, 0.15) is 0 Å². The molecule has 3 atom stereocenters. The Labute approximate surface area is 122 Å². The highest BCUT2D eigenvalue weighted by Crippen LogP contribution is 2.48. The monoisotopic (exact) mass is 315 g/mol. The van der Waals surface area contributed by atoms with Crippen molar-refractivity contribution in [3.05, 3.63) is 0 Å². The van der Waals surface area contributed by atoms with Crippen molar-refractivity contribution in [1.29, 1.82) is 0 Å². The summed E-state index contributed by atoms with van der Waals surface area (Å²) in [4.78, 5) is 2.62. The van der Waals surface area contributed by atoms with E-state index in [1.807, 2.05) is 0 Å². The topological polar surface area (TPSA) is 3.24 Å². The van der Waals surface area contributed by atoms with E-state index in [1.54, 1.807) is 6.42 Å². The van der Waals surface area contributed by atoms with Crippen LogP contribution in [0.3, 0.4) is 0 Å². The molecule has 2 bridgehead atoms. The fourth-order valence-corrected chi connectivity index (χ4v) is 5.31. The van der Waals surface area contributed by atoms with Gasteiger partial charge < -0.3 is 4.90 Å². The molecule has 2 aliphatic rings. The summed E-state index contributed by atoms with van der Waals surface area (Å²) in [6.07, 6.45) is 8.69. The molecule has 0 aromatic rings. The maximum atomic E-state index is 3.74. The van der Waals surface area contributed by atoms with E-state index in [0.29, 0.717) is 5.41 Å². The van der Waals surface area contributed by atoms with Gasteiger partial charge in [0.2, 0.25) is 0 Å². The average molecular weight is 316 g/mol. The van der Waals surface area contributed by atoms with Crippen LogP contribution < -0.4 is 0 Å². The van der Waals surface area contributed by atoms with Crippen molar-refractivity contribution < 1.29 is 0 Å². The summed E-state index contributed by atoms with van der Waals surface area (Å²) in [6, 6.07) is 0. The summed E-state index contributed by atoms with van der Waals surface area (Å²) < 4.78 is 0. The van der Waals surface area contributed by atoms with Crippen LogP contribution in [0.2, 0.25) is 0 Å². The van der Waals surface area contributed by atoms with Gasteiger partial charge in [-0.15, -0.1) is 0 Å². The number of hydrogen-bond acceptors (Lipinski definition) is 1. The predicted molar refractivity (Wildman–Crippen MR) is 83.2 cm³/mol. The highest BCUT2D eigenvalue weighted by Gasteiger charge is 2.40. The zero-order chi connectivity index (χ0) is 13.2. The van der Waals surface area contributed by atoms with Gasteiger partial charge in [-0.3, -0.25) is 0 Å². The molecule has 0 saturated heterocycles. The van der Waals surface area contributed by atoms with E-state index in [0.717, 1.165) is 23.1 Å². The summed E-state index contributed by atoms with van der Waals surface area (Å²) in [5, 5.41) is 1.15. The molecule has 0 N–H and O–H groups in total. The average Bonchev–Trinajstić information content (AvgIpc) is 2.98. The molecule has 2 fully saturated rings. The largest absolute Gasteiger partial charge is 0.306 e. The third-order valence-corrected chi connectivity index (χ3v) is 7.01. The van der Waals surface area contributed by atoms with Gasteiger partial charge in [-0.05, 0) is 62.3 Å². The highest BCUT2D eigenvalue weighted by molar-refractivity contribution is 9.09. The molecular formula is C16H30BrN. The van der Waals surface area contributed by atoms with Crippen LogP contribution >= 0.6 is 15.9 Å². The first-order valence-electron chi connectivity index (χ1n) is 7.87. The van der Waals surface area contributed by atoms with Crippen LogP contribution in [-0.2, 0) is 0 Å². The molecule has 0 amide bonds. The van der Waals surface area contributed by atoms with Crippen molar-refractivity contribution >= 4 is 15.9 Å². The lowest BCUT2D eigenvalue weighted by Crippen LogP contribution is -2.39. The lowest BCUT2D eigenvalue weighted by Gasteiger charge is -2.36. The lowest BCUT2D eigenvalue weighted by atomic mass is 9.83. The quantitative estimate of drug-likeness (QED) is 0.623. The zero-order valence-electron chi connectivity index (χ0n) is 12.4. The summed E-state index contributed by atoms with van der Waals surface area (Å²) >= 11 is 3.74. The first kappa shape index (κ1) is 14.8. The van der Waals surface area contributed by atoms with Gasteiger partial charge in [-0.2, -0.15) is 0 Å². The van der Waals surface area contributed by atoms with E-state index < -0.39 is 0 Å². The Balaban J connectivity index is 1.82. The van der Waals surface area contributed by atoms with Crippen LogP contribution in [0.4, 0.5) is 0 Å². The number of rotatable bonds is 7. The Bertz CT molecular complexity index is 254. The summed E-state index contributed by atoms with van der Waals surface area (Å²) in [5.41, 5.74) is 0.492. The molecule has 18 heavy (non-hydrogen) atoms. The molecule has 0 spiro atoms. The highest BCUT2D eigenvalue weighted by atomic mass is 79.9. The van der Waals surface area contributed by atoms with E-state index in [9.17, 15) is 0 Å². The van der Waals surface area contributed by atoms with Gasteiger partial charge in [0.15, 0.2) is 0 Å². The maximum absolute atomic E-state index is 3.74. The molecule has 0 radical (unpaired) electrons. The second kappa shape index (κ2) is 6.26. The van der Waals surface area contributed by atoms with Gasteiger partial charge in [-0.1, -0.05) is 36.2 Å².